The first-order valence-electron chi connectivity index (χ1n) is 9.88. The van der Waals surface area contributed by atoms with Gasteiger partial charge in [-0.3, -0.25) is 9.59 Å². The molecular weight excluding hydrogens is 357 g/mol. The average molecular weight is 381 g/mol. The second kappa shape index (κ2) is 8.00. The molecule has 2 aliphatic rings. The molecule has 0 radical (unpaired) electrons. The second-order valence-corrected chi connectivity index (χ2v) is 7.36. The van der Waals surface area contributed by atoms with Gasteiger partial charge in [0.25, 0.3) is 5.91 Å². The van der Waals surface area contributed by atoms with Crippen LogP contribution in [0.25, 0.3) is 0 Å². The van der Waals surface area contributed by atoms with Gasteiger partial charge in [0.05, 0.1) is 5.69 Å². The number of halogens is 1. The van der Waals surface area contributed by atoms with Crippen LogP contribution in [-0.2, 0) is 4.79 Å². The quantitative estimate of drug-likeness (QED) is 0.864. The molecule has 0 aliphatic carbocycles. The Bertz CT molecular complexity index is 876. The average Bonchev–Trinajstić information content (AvgIpc) is 3.23. The summed E-state index contributed by atoms with van der Waals surface area (Å²) in [6.45, 7) is 2.45. The number of piperidine rings is 1. The van der Waals surface area contributed by atoms with Crippen LogP contribution in [0.5, 0.6) is 0 Å². The Kier molecular flexibility index (Phi) is 5.28. The largest absolute Gasteiger partial charge is 0.369 e. The van der Waals surface area contributed by atoms with E-state index in [1.54, 1.807) is 41.3 Å². The minimum atomic E-state index is -0.321. The fraction of sp³-hybridized carbons (Fsp3) is 0.364. The van der Waals surface area contributed by atoms with Crippen molar-refractivity contribution in [2.24, 2.45) is 0 Å². The van der Waals surface area contributed by atoms with Crippen LogP contribution >= 0.6 is 0 Å². The lowest BCUT2D eigenvalue weighted by Crippen LogP contribution is -2.35. The Labute approximate surface area is 164 Å². The number of benzene rings is 2. The van der Waals surface area contributed by atoms with E-state index in [9.17, 15) is 14.0 Å². The van der Waals surface area contributed by atoms with Crippen molar-refractivity contribution < 1.29 is 14.0 Å². The molecule has 0 spiro atoms. The molecule has 2 amide bonds. The molecule has 0 bridgehead atoms. The lowest BCUT2D eigenvalue weighted by molar-refractivity contribution is -0.119. The maximum absolute atomic E-state index is 14.4. The van der Waals surface area contributed by atoms with Gasteiger partial charge < -0.3 is 15.1 Å². The lowest BCUT2D eigenvalue weighted by atomic mass is 10.1. The summed E-state index contributed by atoms with van der Waals surface area (Å²) >= 11 is 0. The molecular formula is C22H24FN3O2. The second-order valence-electron chi connectivity index (χ2n) is 7.36. The molecule has 4 rings (SSSR count). The summed E-state index contributed by atoms with van der Waals surface area (Å²) in [5.74, 6) is -0.500. The number of rotatable bonds is 4. The zero-order valence-corrected chi connectivity index (χ0v) is 15.8. The van der Waals surface area contributed by atoms with Crippen LogP contribution in [0.15, 0.2) is 42.5 Å². The summed E-state index contributed by atoms with van der Waals surface area (Å²) in [6.07, 6.45) is 4.66. The van der Waals surface area contributed by atoms with E-state index >= 15 is 0 Å². The topological polar surface area (TPSA) is 52.7 Å². The van der Waals surface area contributed by atoms with Crippen LogP contribution in [0.4, 0.5) is 21.5 Å². The third kappa shape index (κ3) is 3.86. The number of nitrogens with one attached hydrogen (secondary N) is 1. The monoisotopic (exact) mass is 381 g/mol. The number of anilines is 3. The van der Waals surface area contributed by atoms with Crippen molar-refractivity contribution in [1.82, 2.24) is 0 Å². The van der Waals surface area contributed by atoms with Crippen LogP contribution in [0, 0.1) is 5.82 Å². The molecule has 6 heteroatoms. The third-order valence-electron chi connectivity index (χ3n) is 5.42. The molecule has 2 heterocycles. The molecule has 28 heavy (non-hydrogen) atoms. The van der Waals surface area contributed by atoms with Gasteiger partial charge in [-0.2, -0.15) is 0 Å². The van der Waals surface area contributed by atoms with Gasteiger partial charge in [0, 0.05) is 43.0 Å². The van der Waals surface area contributed by atoms with Gasteiger partial charge in [-0.05, 0) is 68.1 Å². The summed E-state index contributed by atoms with van der Waals surface area (Å²) in [5.41, 5.74) is 2.30. The number of carbonyl (C=O) groups is 2. The highest BCUT2D eigenvalue weighted by Crippen LogP contribution is 2.26. The molecule has 2 aromatic carbocycles. The van der Waals surface area contributed by atoms with E-state index in [1.165, 1.54) is 6.07 Å². The molecule has 2 saturated heterocycles. The highest BCUT2D eigenvalue weighted by Gasteiger charge is 2.20. The fourth-order valence-corrected chi connectivity index (χ4v) is 3.87. The predicted octanol–water partition coefficient (Wildman–Crippen LogP) is 4.20. The standard InChI is InChI=1S/C22H24FN3O2/c23-19-15-17(8-11-20(19)25-12-3-4-13-25)24-22(28)16-6-9-18(10-7-16)26-14-2-1-5-21(26)27/h6-11,15H,1-5,12-14H2,(H,24,28). The van der Waals surface area contributed by atoms with E-state index in [-0.39, 0.29) is 17.6 Å². The normalized spacial score (nSPS) is 17.1. The molecule has 2 fully saturated rings. The highest BCUT2D eigenvalue weighted by molar-refractivity contribution is 6.05. The van der Waals surface area contributed by atoms with Gasteiger partial charge in [0.1, 0.15) is 5.82 Å². The lowest BCUT2D eigenvalue weighted by Gasteiger charge is -2.26. The van der Waals surface area contributed by atoms with Crippen LogP contribution in [0.3, 0.4) is 0 Å². The molecule has 146 valence electrons. The van der Waals surface area contributed by atoms with Crippen molar-refractivity contribution >= 4 is 28.9 Å². The van der Waals surface area contributed by atoms with E-state index in [2.05, 4.69) is 5.32 Å². The zero-order chi connectivity index (χ0) is 19.5. The first-order valence-corrected chi connectivity index (χ1v) is 9.88. The Balaban J connectivity index is 1.43. The summed E-state index contributed by atoms with van der Waals surface area (Å²) < 4.78 is 14.4. The maximum Gasteiger partial charge on any atom is 0.255 e. The minimum absolute atomic E-state index is 0.122. The number of hydrogen-bond donors (Lipinski definition) is 1. The summed E-state index contributed by atoms with van der Waals surface area (Å²) in [6, 6.07) is 11.8. The van der Waals surface area contributed by atoms with Crippen molar-refractivity contribution in [3.05, 3.63) is 53.8 Å². The number of hydrogen-bond acceptors (Lipinski definition) is 3. The van der Waals surface area contributed by atoms with Crippen molar-refractivity contribution in [3.63, 3.8) is 0 Å². The molecule has 0 saturated carbocycles. The summed E-state index contributed by atoms with van der Waals surface area (Å²) in [4.78, 5) is 28.3. The maximum atomic E-state index is 14.4. The van der Waals surface area contributed by atoms with E-state index in [1.807, 2.05) is 4.90 Å². The van der Waals surface area contributed by atoms with Crippen molar-refractivity contribution in [2.75, 3.05) is 34.8 Å². The van der Waals surface area contributed by atoms with Gasteiger partial charge in [0.2, 0.25) is 5.91 Å². The van der Waals surface area contributed by atoms with Crippen LogP contribution in [0.1, 0.15) is 42.5 Å². The Morgan fingerprint density at radius 1 is 0.929 bits per heavy atom. The number of carbonyl (C=O) groups excluding carboxylic acids is 2. The van der Waals surface area contributed by atoms with Crippen molar-refractivity contribution in [2.45, 2.75) is 32.1 Å². The minimum Gasteiger partial charge on any atom is -0.369 e. The fourth-order valence-electron chi connectivity index (χ4n) is 3.87. The molecule has 5 nitrogen and oxygen atoms in total. The Morgan fingerprint density at radius 2 is 1.64 bits per heavy atom. The van der Waals surface area contributed by atoms with Gasteiger partial charge in [-0.25, -0.2) is 4.39 Å². The first-order chi connectivity index (χ1) is 13.6. The van der Waals surface area contributed by atoms with E-state index in [0.717, 1.165) is 44.5 Å². The third-order valence-corrected chi connectivity index (χ3v) is 5.42. The first kappa shape index (κ1) is 18.5. The van der Waals surface area contributed by atoms with Crippen LogP contribution < -0.4 is 15.1 Å². The molecule has 0 unspecified atom stereocenters. The van der Waals surface area contributed by atoms with Gasteiger partial charge in [-0.15, -0.1) is 0 Å². The van der Waals surface area contributed by atoms with E-state index < -0.39 is 0 Å². The molecule has 2 aromatic rings. The van der Waals surface area contributed by atoms with Crippen LogP contribution in [-0.4, -0.2) is 31.4 Å². The Morgan fingerprint density at radius 3 is 2.32 bits per heavy atom. The molecule has 2 aliphatic heterocycles. The Hall–Kier alpha value is -2.89. The molecule has 0 atom stereocenters. The van der Waals surface area contributed by atoms with E-state index in [4.69, 9.17) is 0 Å². The summed E-state index contributed by atoms with van der Waals surface area (Å²) in [7, 11) is 0. The zero-order valence-electron chi connectivity index (χ0n) is 15.8. The highest BCUT2D eigenvalue weighted by atomic mass is 19.1. The smallest absolute Gasteiger partial charge is 0.255 e. The van der Waals surface area contributed by atoms with Gasteiger partial charge in [-0.1, -0.05) is 0 Å². The number of nitrogens with zero attached hydrogens (tertiary/aromatic N) is 2. The summed E-state index contributed by atoms with van der Waals surface area (Å²) in [5, 5.41) is 2.75. The SMILES string of the molecule is O=C(Nc1ccc(N2CCCC2)c(F)c1)c1ccc(N2CCCCC2=O)cc1. The van der Waals surface area contributed by atoms with Gasteiger partial charge in [0.15, 0.2) is 0 Å². The van der Waals surface area contributed by atoms with E-state index in [0.29, 0.717) is 29.9 Å². The van der Waals surface area contributed by atoms with Crippen LogP contribution in [0.2, 0.25) is 0 Å². The van der Waals surface area contributed by atoms with Crippen molar-refractivity contribution in [3.8, 4) is 0 Å². The predicted molar refractivity (Wildman–Crippen MR) is 108 cm³/mol. The van der Waals surface area contributed by atoms with Crippen molar-refractivity contribution in [1.29, 1.82) is 0 Å². The molecule has 0 aromatic heterocycles. The van der Waals surface area contributed by atoms with Gasteiger partial charge >= 0.3 is 0 Å². The molecule has 1 N–H and O–H groups in total. The number of amides is 2.